The number of carboxylic acid groups (broad SMARTS) is 1. The molecule has 13 heavy (non-hydrogen) atoms. The summed E-state index contributed by atoms with van der Waals surface area (Å²) in [6.45, 7) is 2.57. The van der Waals surface area contributed by atoms with Crippen LogP contribution in [0.1, 0.15) is 19.8 Å². The van der Waals surface area contributed by atoms with Gasteiger partial charge in [0.25, 0.3) is 0 Å². The molecular weight excluding hydrogens is 170 g/mol. The lowest BCUT2D eigenvalue weighted by Gasteiger charge is -2.34. The smallest absolute Gasteiger partial charge is 0.404 e. The van der Waals surface area contributed by atoms with Crippen molar-refractivity contribution in [3.8, 4) is 0 Å². The molecule has 1 aliphatic rings. The maximum Gasteiger partial charge on any atom is 0.404 e. The molecule has 1 saturated carbocycles. The molecule has 4 heteroatoms. The average Bonchev–Trinajstić information content (AvgIpc) is 1.99. The summed E-state index contributed by atoms with van der Waals surface area (Å²) < 4.78 is 5.41. The summed E-state index contributed by atoms with van der Waals surface area (Å²) in [7, 11) is 0. The van der Waals surface area contributed by atoms with Gasteiger partial charge in [-0.3, -0.25) is 0 Å². The molecule has 0 unspecified atom stereocenters. The predicted octanol–water partition coefficient (Wildman–Crippen LogP) is 1.38. The van der Waals surface area contributed by atoms with E-state index in [1.807, 2.05) is 19.1 Å². The number of nitrogens with one attached hydrogen (secondary N) is 1. The van der Waals surface area contributed by atoms with Crippen LogP contribution in [0.25, 0.3) is 0 Å². The topological polar surface area (TPSA) is 58.6 Å². The highest BCUT2D eigenvalue weighted by molar-refractivity contribution is 5.65. The van der Waals surface area contributed by atoms with Crippen molar-refractivity contribution < 1.29 is 14.6 Å². The number of hydrogen-bond acceptors (Lipinski definition) is 2. The Balaban J connectivity index is 2.01. The van der Waals surface area contributed by atoms with E-state index in [0.717, 1.165) is 12.8 Å². The summed E-state index contributed by atoms with van der Waals surface area (Å²) in [5, 5.41) is 10.8. The maximum atomic E-state index is 10.2. The van der Waals surface area contributed by atoms with Crippen molar-refractivity contribution in [2.45, 2.75) is 31.9 Å². The van der Waals surface area contributed by atoms with Crippen LogP contribution in [-0.2, 0) is 4.74 Å². The molecule has 0 saturated heterocycles. The zero-order valence-corrected chi connectivity index (χ0v) is 7.69. The Hall–Kier alpha value is -1.03. The van der Waals surface area contributed by atoms with Gasteiger partial charge in [0, 0.05) is 6.04 Å². The minimum absolute atomic E-state index is 0.0908. The van der Waals surface area contributed by atoms with Crippen LogP contribution < -0.4 is 5.32 Å². The second-order valence-corrected chi connectivity index (χ2v) is 3.14. The maximum absolute atomic E-state index is 10.2. The lowest BCUT2D eigenvalue weighted by Crippen LogP contribution is -2.47. The molecule has 0 bridgehead atoms. The van der Waals surface area contributed by atoms with Gasteiger partial charge in [0.2, 0.25) is 0 Å². The SMILES string of the molecule is C/C=C/COC1CC(NC(=O)O)C1. The number of rotatable bonds is 4. The van der Waals surface area contributed by atoms with Gasteiger partial charge in [-0.25, -0.2) is 4.79 Å². The molecular formula is C9H15NO3. The van der Waals surface area contributed by atoms with E-state index in [9.17, 15) is 4.79 Å². The molecule has 0 atom stereocenters. The third-order valence-corrected chi connectivity index (χ3v) is 2.09. The summed E-state index contributed by atoms with van der Waals surface area (Å²) in [5.74, 6) is 0. The zero-order valence-electron chi connectivity index (χ0n) is 7.69. The van der Waals surface area contributed by atoms with E-state index in [-0.39, 0.29) is 12.1 Å². The zero-order chi connectivity index (χ0) is 9.68. The van der Waals surface area contributed by atoms with E-state index >= 15 is 0 Å². The summed E-state index contributed by atoms with van der Waals surface area (Å²) in [6, 6.07) is 0.0908. The van der Waals surface area contributed by atoms with Crippen molar-refractivity contribution in [3.63, 3.8) is 0 Å². The van der Waals surface area contributed by atoms with Crippen LogP contribution in [0.2, 0.25) is 0 Å². The summed E-state index contributed by atoms with van der Waals surface area (Å²) in [4.78, 5) is 10.2. The van der Waals surface area contributed by atoms with Gasteiger partial charge in [0.1, 0.15) is 0 Å². The van der Waals surface area contributed by atoms with Crippen LogP contribution in [0.3, 0.4) is 0 Å². The first-order chi connectivity index (χ1) is 6.22. The summed E-state index contributed by atoms with van der Waals surface area (Å²) in [6.07, 6.45) is 4.75. The van der Waals surface area contributed by atoms with Crippen LogP contribution in [0, 0.1) is 0 Å². The second kappa shape index (κ2) is 4.87. The normalized spacial score (nSPS) is 27.2. The van der Waals surface area contributed by atoms with Crippen molar-refractivity contribution in [1.82, 2.24) is 5.32 Å². The van der Waals surface area contributed by atoms with E-state index in [0.29, 0.717) is 6.61 Å². The molecule has 0 radical (unpaired) electrons. The molecule has 1 amide bonds. The van der Waals surface area contributed by atoms with Gasteiger partial charge in [-0.05, 0) is 19.8 Å². The number of hydrogen-bond donors (Lipinski definition) is 2. The lowest BCUT2D eigenvalue weighted by atomic mass is 9.89. The Morgan fingerprint density at radius 1 is 1.69 bits per heavy atom. The molecule has 0 aromatic carbocycles. The van der Waals surface area contributed by atoms with Crippen LogP contribution in [-0.4, -0.2) is 30.0 Å². The first-order valence-corrected chi connectivity index (χ1v) is 4.44. The molecule has 4 nitrogen and oxygen atoms in total. The Bertz CT molecular complexity index is 197. The molecule has 0 spiro atoms. The van der Waals surface area contributed by atoms with Crippen molar-refractivity contribution in [1.29, 1.82) is 0 Å². The van der Waals surface area contributed by atoms with Crippen molar-refractivity contribution in [2.24, 2.45) is 0 Å². The third kappa shape index (κ3) is 3.46. The number of carbonyl (C=O) groups is 1. The molecule has 1 fully saturated rings. The fraction of sp³-hybridized carbons (Fsp3) is 0.667. The Morgan fingerprint density at radius 3 is 2.92 bits per heavy atom. The molecule has 74 valence electrons. The minimum atomic E-state index is -0.947. The van der Waals surface area contributed by atoms with Crippen LogP contribution >= 0.6 is 0 Å². The van der Waals surface area contributed by atoms with Gasteiger partial charge in [-0.1, -0.05) is 12.2 Å². The minimum Gasteiger partial charge on any atom is -0.465 e. The van der Waals surface area contributed by atoms with Crippen molar-refractivity contribution in [2.75, 3.05) is 6.61 Å². The van der Waals surface area contributed by atoms with Gasteiger partial charge in [-0.15, -0.1) is 0 Å². The summed E-state index contributed by atoms with van der Waals surface area (Å²) in [5.41, 5.74) is 0. The largest absolute Gasteiger partial charge is 0.465 e. The van der Waals surface area contributed by atoms with Gasteiger partial charge in [0.05, 0.1) is 12.7 Å². The van der Waals surface area contributed by atoms with E-state index in [1.54, 1.807) is 0 Å². The second-order valence-electron chi connectivity index (χ2n) is 3.14. The Morgan fingerprint density at radius 2 is 2.38 bits per heavy atom. The molecule has 0 aromatic heterocycles. The van der Waals surface area contributed by atoms with Crippen LogP contribution in [0.15, 0.2) is 12.2 Å². The van der Waals surface area contributed by atoms with Crippen molar-refractivity contribution >= 4 is 6.09 Å². The Labute approximate surface area is 77.6 Å². The van der Waals surface area contributed by atoms with Gasteiger partial charge < -0.3 is 15.2 Å². The third-order valence-electron chi connectivity index (χ3n) is 2.09. The fourth-order valence-electron chi connectivity index (χ4n) is 1.28. The van der Waals surface area contributed by atoms with E-state index < -0.39 is 6.09 Å². The molecule has 0 heterocycles. The standard InChI is InChI=1S/C9H15NO3/c1-2-3-4-13-8-5-7(6-8)10-9(11)12/h2-3,7-8,10H,4-6H2,1H3,(H,11,12)/b3-2+. The summed E-state index contributed by atoms with van der Waals surface area (Å²) >= 11 is 0. The average molecular weight is 185 g/mol. The first kappa shape index (κ1) is 10.1. The number of amides is 1. The van der Waals surface area contributed by atoms with E-state index in [4.69, 9.17) is 9.84 Å². The van der Waals surface area contributed by atoms with Gasteiger partial charge in [0.15, 0.2) is 0 Å². The molecule has 0 aliphatic heterocycles. The van der Waals surface area contributed by atoms with Gasteiger partial charge in [-0.2, -0.15) is 0 Å². The van der Waals surface area contributed by atoms with Crippen LogP contribution in [0.5, 0.6) is 0 Å². The number of ether oxygens (including phenoxy) is 1. The highest BCUT2D eigenvalue weighted by Crippen LogP contribution is 2.22. The predicted molar refractivity (Wildman–Crippen MR) is 48.7 cm³/mol. The van der Waals surface area contributed by atoms with Crippen LogP contribution in [0.4, 0.5) is 4.79 Å². The quantitative estimate of drug-likeness (QED) is 0.650. The monoisotopic (exact) mass is 185 g/mol. The molecule has 1 aliphatic carbocycles. The molecule has 1 rings (SSSR count). The Kier molecular flexibility index (Phi) is 3.76. The number of allylic oxidation sites excluding steroid dienone is 1. The molecule has 0 aromatic rings. The van der Waals surface area contributed by atoms with Gasteiger partial charge >= 0.3 is 6.09 Å². The highest BCUT2D eigenvalue weighted by atomic mass is 16.5. The first-order valence-electron chi connectivity index (χ1n) is 4.44. The van der Waals surface area contributed by atoms with E-state index in [1.165, 1.54) is 0 Å². The van der Waals surface area contributed by atoms with Crippen molar-refractivity contribution in [3.05, 3.63) is 12.2 Å². The molecule has 2 N–H and O–H groups in total. The van der Waals surface area contributed by atoms with E-state index in [2.05, 4.69) is 5.32 Å². The lowest BCUT2D eigenvalue weighted by molar-refractivity contribution is -0.000838. The highest BCUT2D eigenvalue weighted by Gasteiger charge is 2.30. The fourth-order valence-corrected chi connectivity index (χ4v) is 1.28.